The van der Waals surface area contributed by atoms with Crippen LogP contribution in [0, 0.1) is 0 Å². The summed E-state index contributed by atoms with van der Waals surface area (Å²) in [6, 6.07) is 17.5. The number of para-hydroxylation sites is 1. The molecule has 9 nitrogen and oxygen atoms in total. The fourth-order valence-corrected chi connectivity index (χ4v) is 4.20. The standard InChI is InChI=1S/C29H38N4O5/c1-29(2,3)38-28(35)32(19-22-37-26-7-5-4-6-8-26)14-13-31-15-16-33(27(31)34)25-11-9-24(10-12-25)23-30-17-20-36-21-18-30/h4-12,15-16H,13-14,17-23H2,1-3H3. The molecule has 0 aliphatic carbocycles. The van der Waals surface area contributed by atoms with Gasteiger partial charge in [0.05, 0.1) is 25.4 Å². The lowest BCUT2D eigenvalue weighted by molar-refractivity contribution is 0.0219. The van der Waals surface area contributed by atoms with E-state index in [1.54, 1.807) is 26.4 Å². The summed E-state index contributed by atoms with van der Waals surface area (Å²) in [5, 5.41) is 0. The third kappa shape index (κ3) is 7.97. The summed E-state index contributed by atoms with van der Waals surface area (Å²) in [4.78, 5) is 29.9. The van der Waals surface area contributed by atoms with Crippen molar-refractivity contribution in [3.63, 3.8) is 0 Å². The van der Waals surface area contributed by atoms with Crippen molar-refractivity contribution < 1.29 is 19.0 Å². The molecule has 1 amide bonds. The van der Waals surface area contributed by atoms with Gasteiger partial charge in [0, 0.05) is 45.1 Å². The van der Waals surface area contributed by atoms with Gasteiger partial charge in [0.2, 0.25) is 0 Å². The van der Waals surface area contributed by atoms with Crippen LogP contribution >= 0.6 is 0 Å². The van der Waals surface area contributed by atoms with Crippen LogP contribution in [0.1, 0.15) is 26.3 Å². The number of hydrogen-bond acceptors (Lipinski definition) is 6. The van der Waals surface area contributed by atoms with Crippen LogP contribution in [-0.2, 0) is 22.6 Å². The lowest BCUT2D eigenvalue weighted by Gasteiger charge is -2.27. The van der Waals surface area contributed by atoms with Crippen molar-refractivity contribution in [2.24, 2.45) is 0 Å². The molecule has 0 spiro atoms. The Bertz CT molecular complexity index is 1210. The van der Waals surface area contributed by atoms with Crippen LogP contribution < -0.4 is 10.4 Å². The van der Waals surface area contributed by atoms with E-state index in [-0.39, 0.29) is 5.69 Å². The molecule has 204 valence electrons. The van der Waals surface area contributed by atoms with Crippen molar-refractivity contribution in [3.05, 3.63) is 83.0 Å². The molecule has 1 aliphatic heterocycles. The zero-order valence-electron chi connectivity index (χ0n) is 22.5. The predicted molar refractivity (Wildman–Crippen MR) is 146 cm³/mol. The van der Waals surface area contributed by atoms with Crippen molar-refractivity contribution in [1.29, 1.82) is 0 Å². The smallest absolute Gasteiger partial charge is 0.410 e. The maximum absolute atomic E-state index is 13.1. The summed E-state index contributed by atoms with van der Waals surface area (Å²) in [5.41, 5.74) is 1.23. The number of benzene rings is 2. The molecule has 0 radical (unpaired) electrons. The molecule has 3 aromatic rings. The summed E-state index contributed by atoms with van der Waals surface area (Å²) in [6.07, 6.45) is 3.07. The van der Waals surface area contributed by atoms with Crippen LogP contribution in [-0.4, -0.2) is 76.6 Å². The van der Waals surface area contributed by atoms with Gasteiger partial charge in [-0.25, -0.2) is 9.59 Å². The molecular weight excluding hydrogens is 484 g/mol. The molecule has 1 aromatic heterocycles. The maximum Gasteiger partial charge on any atom is 0.410 e. The highest BCUT2D eigenvalue weighted by Crippen LogP contribution is 2.13. The normalized spacial score (nSPS) is 14.3. The Balaban J connectivity index is 1.37. The van der Waals surface area contributed by atoms with Gasteiger partial charge in [-0.3, -0.25) is 14.0 Å². The first kappa shape index (κ1) is 27.5. The molecule has 9 heteroatoms. The Morgan fingerprint density at radius 3 is 2.37 bits per heavy atom. The van der Waals surface area contributed by atoms with E-state index in [4.69, 9.17) is 14.2 Å². The van der Waals surface area contributed by atoms with Gasteiger partial charge >= 0.3 is 11.8 Å². The van der Waals surface area contributed by atoms with Crippen LogP contribution in [0.15, 0.2) is 71.8 Å². The quantitative estimate of drug-likeness (QED) is 0.403. The monoisotopic (exact) mass is 522 g/mol. The first-order valence-electron chi connectivity index (χ1n) is 13.1. The first-order valence-corrected chi connectivity index (χ1v) is 13.1. The highest BCUT2D eigenvalue weighted by atomic mass is 16.6. The molecule has 0 atom stereocenters. The van der Waals surface area contributed by atoms with Crippen molar-refractivity contribution >= 4 is 6.09 Å². The van der Waals surface area contributed by atoms with E-state index in [1.807, 2.05) is 63.2 Å². The maximum atomic E-state index is 13.1. The number of amides is 1. The number of morpholine rings is 1. The average molecular weight is 523 g/mol. The summed E-state index contributed by atoms with van der Waals surface area (Å²) >= 11 is 0. The van der Waals surface area contributed by atoms with E-state index in [1.165, 1.54) is 5.56 Å². The van der Waals surface area contributed by atoms with Gasteiger partial charge in [-0.2, -0.15) is 0 Å². The van der Waals surface area contributed by atoms with E-state index in [0.717, 1.165) is 44.3 Å². The Kier molecular flexibility index (Phi) is 9.25. The Morgan fingerprint density at radius 2 is 1.68 bits per heavy atom. The number of rotatable bonds is 10. The van der Waals surface area contributed by atoms with E-state index in [2.05, 4.69) is 17.0 Å². The third-order valence-electron chi connectivity index (χ3n) is 6.21. The molecule has 0 bridgehead atoms. The number of nitrogens with zero attached hydrogens (tertiary/aromatic N) is 4. The van der Waals surface area contributed by atoms with Gasteiger partial charge < -0.3 is 19.1 Å². The third-order valence-corrected chi connectivity index (χ3v) is 6.21. The average Bonchev–Trinajstić information content (AvgIpc) is 3.26. The number of aromatic nitrogens is 2. The Hall–Kier alpha value is -3.56. The number of ether oxygens (including phenoxy) is 3. The number of imidazole rings is 1. The molecule has 0 unspecified atom stereocenters. The topological polar surface area (TPSA) is 78.2 Å². The number of hydrogen-bond donors (Lipinski definition) is 0. The molecular formula is C29H38N4O5. The van der Waals surface area contributed by atoms with E-state index < -0.39 is 11.7 Å². The second-order valence-corrected chi connectivity index (χ2v) is 10.3. The van der Waals surface area contributed by atoms with Gasteiger partial charge in [-0.1, -0.05) is 30.3 Å². The Morgan fingerprint density at radius 1 is 0.974 bits per heavy atom. The predicted octanol–water partition coefficient (Wildman–Crippen LogP) is 3.79. The van der Waals surface area contributed by atoms with Crippen molar-refractivity contribution in [3.8, 4) is 11.4 Å². The van der Waals surface area contributed by atoms with Gasteiger partial charge in [-0.05, 0) is 50.6 Å². The lowest BCUT2D eigenvalue weighted by Crippen LogP contribution is -2.41. The number of carbonyl (C=O) groups excluding carboxylic acids is 1. The largest absolute Gasteiger partial charge is 0.492 e. The van der Waals surface area contributed by atoms with E-state index in [0.29, 0.717) is 26.2 Å². The minimum Gasteiger partial charge on any atom is -0.492 e. The summed E-state index contributed by atoms with van der Waals surface area (Å²) in [6.45, 7) is 11.1. The molecule has 1 aliphatic rings. The highest BCUT2D eigenvalue weighted by molar-refractivity contribution is 5.68. The van der Waals surface area contributed by atoms with E-state index in [9.17, 15) is 9.59 Å². The molecule has 0 saturated carbocycles. The fraction of sp³-hybridized carbons (Fsp3) is 0.448. The molecule has 4 rings (SSSR count). The van der Waals surface area contributed by atoms with Crippen LogP contribution in [0.3, 0.4) is 0 Å². The second-order valence-electron chi connectivity index (χ2n) is 10.3. The summed E-state index contributed by atoms with van der Waals surface area (Å²) in [7, 11) is 0. The highest BCUT2D eigenvalue weighted by Gasteiger charge is 2.22. The summed E-state index contributed by atoms with van der Waals surface area (Å²) < 4.78 is 20.0. The van der Waals surface area contributed by atoms with Gasteiger partial charge in [-0.15, -0.1) is 0 Å². The Labute approximate surface area is 224 Å². The molecule has 2 heterocycles. The van der Waals surface area contributed by atoms with Crippen molar-refractivity contribution in [2.45, 2.75) is 39.5 Å². The molecule has 1 fully saturated rings. The van der Waals surface area contributed by atoms with E-state index >= 15 is 0 Å². The summed E-state index contributed by atoms with van der Waals surface area (Å²) in [5.74, 6) is 0.737. The van der Waals surface area contributed by atoms with Gasteiger partial charge in [0.25, 0.3) is 0 Å². The minimum atomic E-state index is -0.621. The zero-order valence-corrected chi connectivity index (χ0v) is 22.5. The first-order chi connectivity index (χ1) is 18.3. The minimum absolute atomic E-state index is 0.157. The molecule has 1 saturated heterocycles. The SMILES string of the molecule is CC(C)(C)OC(=O)N(CCOc1ccccc1)CCn1ccn(-c2ccc(CN3CCOCC3)cc2)c1=O. The molecule has 0 N–H and O–H groups in total. The van der Waals surface area contributed by atoms with Crippen LogP contribution in [0.25, 0.3) is 5.69 Å². The van der Waals surface area contributed by atoms with Crippen LogP contribution in [0.2, 0.25) is 0 Å². The fourth-order valence-electron chi connectivity index (χ4n) is 4.20. The van der Waals surface area contributed by atoms with Crippen molar-refractivity contribution in [1.82, 2.24) is 18.9 Å². The second kappa shape index (κ2) is 12.8. The van der Waals surface area contributed by atoms with Crippen LogP contribution in [0.4, 0.5) is 4.79 Å². The zero-order chi connectivity index (χ0) is 27.0. The van der Waals surface area contributed by atoms with Gasteiger partial charge in [0.1, 0.15) is 18.0 Å². The van der Waals surface area contributed by atoms with Gasteiger partial charge in [0.15, 0.2) is 0 Å². The van der Waals surface area contributed by atoms with Crippen molar-refractivity contribution in [2.75, 3.05) is 46.0 Å². The molecule has 38 heavy (non-hydrogen) atoms. The lowest BCUT2D eigenvalue weighted by atomic mass is 10.2. The number of carbonyl (C=O) groups is 1. The molecule has 2 aromatic carbocycles. The van der Waals surface area contributed by atoms with Crippen LogP contribution in [0.5, 0.6) is 5.75 Å².